The molecule has 0 unspecified atom stereocenters. The minimum Gasteiger partial charge on any atom is -0.351 e. The van der Waals surface area contributed by atoms with Gasteiger partial charge in [0.2, 0.25) is 0 Å². The first-order valence-corrected chi connectivity index (χ1v) is 11.3. The number of benzene rings is 3. The monoisotopic (exact) mass is 407 g/mol. The van der Waals surface area contributed by atoms with Gasteiger partial charge in [-0.05, 0) is 55.8 Å². The van der Waals surface area contributed by atoms with E-state index >= 15 is 0 Å². The molecule has 1 amide bonds. The molecule has 0 radical (unpaired) electrons. The van der Waals surface area contributed by atoms with Crippen LogP contribution in [0.2, 0.25) is 0 Å². The Morgan fingerprint density at radius 3 is 1.86 bits per heavy atom. The second-order valence-corrected chi connectivity index (χ2v) is 8.93. The van der Waals surface area contributed by atoms with Crippen LogP contribution < -0.4 is 5.32 Å². The maximum atomic E-state index is 12.3. The number of carbonyl (C=O) groups is 1. The summed E-state index contributed by atoms with van der Waals surface area (Å²) in [7, 11) is 0. The summed E-state index contributed by atoms with van der Waals surface area (Å²) in [6.45, 7) is 4.84. The molecule has 4 heteroatoms. The minimum atomic E-state index is -0.0118. The van der Waals surface area contributed by atoms with E-state index in [9.17, 15) is 4.79 Å². The predicted molar refractivity (Wildman–Crippen MR) is 121 cm³/mol. The number of rotatable bonds is 8. The molecule has 2 nitrogen and oxygen atoms in total. The van der Waals surface area contributed by atoms with Crippen molar-refractivity contribution in [3.63, 3.8) is 0 Å². The van der Waals surface area contributed by atoms with Gasteiger partial charge in [-0.1, -0.05) is 47.5 Å². The van der Waals surface area contributed by atoms with Crippen LogP contribution in [-0.4, -0.2) is 18.2 Å². The zero-order chi connectivity index (χ0) is 19.8. The summed E-state index contributed by atoms with van der Waals surface area (Å²) in [5.41, 5.74) is 4.47. The molecule has 3 rings (SSSR count). The molecule has 144 valence electrons. The molecule has 0 aliphatic rings. The third-order valence-electron chi connectivity index (χ3n) is 4.32. The van der Waals surface area contributed by atoms with E-state index < -0.39 is 0 Å². The summed E-state index contributed by atoms with van der Waals surface area (Å²) in [6.07, 6.45) is 0. The third kappa shape index (κ3) is 6.47. The van der Waals surface area contributed by atoms with Crippen molar-refractivity contribution in [2.24, 2.45) is 0 Å². The first-order chi connectivity index (χ1) is 13.6. The lowest BCUT2D eigenvalue weighted by Crippen LogP contribution is -2.25. The number of hydrogen-bond acceptors (Lipinski definition) is 3. The van der Waals surface area contributed by atoms with Crippen LogP contribution in [0.25, 0.3) is 0 Å². The molecule has 3 aromatic rings. The van der Waals surface area contributed by atoms with E-state index in [1.165, 1.54) is 26.5 Å². The van der Waals surface area contributed by atoms with Gasteiger partial charge < -0.3 is 5.32 Å². The van der Waals surface area contributed by atoms with Crippen LogP contribution in [0.3, 0.4) is 0 Å². The third-order valence-corrected chi connectivity index (χ3v) is 6.42. The van der Waals surface area contributed by atoms with Crippen molar-refractivity contribution in [1.29, 1.82) is 0 Å². The van der Waals surface area contributed by atoms with Gasteiger partial charge in [0.25, 0.3) is 5.91 Å². The lowest BCUT2D eigenvalue weighted by Gasteiger charge is -2.07. The zero-order valence-corrected chi connectivity index (χ0v) is 17.9. The summed E-state index contributed by atoms with van der Waals surface area (Å²) >= 11 is 3.57. The van der Waals surface area contributed by atoms with Crippen LogP contribution in [0.15, 0.2) is 82.6 Å². The van der Waals surface area contributed by atoms with Crippen molar-refractivity contribution in [1.82, 2.24) is 5.32 Å². The van der Waals surface area contributed by atoms with Crippen molar-refractivity contribution in [3.05, 3.63) is 95.1 Å². The number of amides is 1. The van der Waals surface area contributed by atoms with Gasteiger partial charge in [0.1, 0.15) is 0 Å². The summed E-state index contributed by atoms with van der Waals surface area (Å²) in [4.78, 5) is 14.8. The highest BCUT2D eigenvalue weighted by Crippen LogP contribution is 2.23. The van der Waals surface area contributed by atoms with Crippen molar-refractivity contribution in [2.75, 3.05) is 12.3 Å². The first-order valence-electron chi connectivity index (χ1n) is 9.36. The summed E-state index contributed by atoms with van der Waals surface area (Å²) < 4.78 is 0. The fraction of sp³-hybridized carbons (Fsp3) is 0.208. The van der Waals surface area contributed by atoms with Gasteiger partial charge >= 0.3 is 0 Å². The Kier molecular flexibility index (Phi) is 7.63. The molecule has 0 aliphatic carbocycles. The molecular formula is C24H25NOS2. The Morgan fingerprint density at radius 1 is 0.750 bits per heavy atom. The van der Waals surface area contributed by atoms with Crippen LogP contribution >= 0.6 is 23.5 Å². The number of hydrogen-bond donors (Lipinski definition) is 1. The Morgan fingerprint density at radius 2 is 1.29 bits per heavy atom. The van der Waals surface area contributed by atoms with Crippen LogP contribution in [0.5, 0.6) is 0 Å². The highest BCUT2D eigenvalue weighted by Gasteiger charge is 2.05. The molecule has 0 heterocycles. The molecule has 0 saturated carbocycles. The molecule has 0 aromatic heterocycles. The molecule has 1 N–H and O–H groups in total. The minimum absolute atomic E-state index is 0.0118. The van der Waals surface area contributed by atoms with Crippen LogP contribution in [0.4, 0.5) is 0 Å². The van der Waals surface area contributed by atoms with E-state index in [-0.39, 0.29) is 5.91 Å². The van der Waals surface area contributed by atoms with E-state index in [2.05, 4.69) is 67.7 Å². The highest BCUT2D eigenvalue weighted by molar-refractivity contribution is 7.99. The first kappa shape index (κ1) is 20.6. The normalized spacial score (nSPS) is 10.6. The Bertz CT molecular complexity index is 887. The molecule has 0 atom stereocenters. The fourth-order valence-corrected chi connectivity index (χ4v) is 4.25. The molecule has 0 saturated heterocycles. The number of thioether (sulfide) groups is 2. The second kappa shape index (κ2) is 10.4. The molecule has 0 spiro atoms. The fourth-order valence-electron chi connectivity index (χ4n) is 2.62. The van der Waals surface area contributed by atoms with Gasteiger partial charge in [-0.2, -0.15) is 0 Å². The molecule has 0 aliphatic heterocycles. The van der Waals surface area contributed by atoms with Crippen molar-refractivity contribution < 1.29 is 4.79 Å². The van der Waals surface area contributed by atoms with Gasteiger partial charge in [-0.15, -0.1) is 23.5 Å². The predicted octanol–water partition coefficient (Wildman–Crippen LogP) is 6.12. The van der Waals surface area contributed by atoms with E-state index in [4.69, 9.17) is 0 Å². The van der Waals surface area contributed by atoms with Crippen LogP contribution in [-0.2, 0) is 5.75 Å². The van der Waals surface area contributed by atoms with Crippen LogP contribution in [0, 0.1) is 13.8 Å². The quantitative estimate of drug-likeness (QED) is 0.360. The maximum Gasteiger partial charge on any atom is 0.251 e. The lowest BCUT2D eigenvalue weighted by molar-refractivity contribution is 0.0956. The molecular weight excluding hydrogens is 382 g/mol. The van der Waals surface area contributed by atoms with Crippen molar-refractivity contribution >= 4 is 29.4 Å². The Labute approximate surface area is 176 Å². The van der Waals surface area contributed by atoms with Gasteiger partial charge in [0.05, 0.1) is 0 Å². The van der Waals surface area contributed by atoms with Crippen molar-refractivity contribution in [2.45, 2.75) is 29.4 Å². The largest absolute Gasteiger partial charge is 0.351 e. The number of nitrogens with one attached hydrogen (secondary N) is 1. The Hall–Kier alpha value is -2.17. The zero-order valence-electron chi connectivity index (χ0n) is 16.3. The SMILES string of the molecule is Cc1ccc(SCCNC(=O)c2ccc(CSc3ccc(C)cc3)cc2)cc1. The van der Waals surface area contributed by atoms with Gasteiger partial charge in [0.15, 0.2) is 0 Å². The number of aryl methyl sites for hydroxylation is 2. The van der Waals surface area contributed by atoms with E-state index in [1.807, 2.05) is 36.0 Å². The standard InChI is InChI=1S/C24H25NOS2/c1-18-3-11-22(12-4-18)27-16-15-25-24(26)21-9-7-20(8-10-21)17-28-23-13-5-19(2)6-14-23/h3-14H,15-17H2,1-2H3,(H,25,26). The van der Waals surface area contributed by atoms with E-state index in [0.29, 0.717) is 12.1 Å². The summed E-state index contributed by atoms with van der Waals surface area (Å²) in [5, 5.41) is 3.00. The highest BCUT2D eigenvalue weighted by atomic mass is 32.2. The van der Waals surface area contributed by atoms with E-state index in [0.717, 1.165) is 11.5 Å². The summed E-state index contributed by atoms with van der Waals surface area (Å²) in [5.74, 6) is 1.75. The second-order valence-electron chi connectivity index (χ2n) is 6.72. The van der Waals surface area contributed by atoms with Gasteiger partial charge in [-0.3, -0.25) is 4.79 Å². The number of carbonyl (C=O) groups excluding carboxylic acids is 1. The maximum absolute atomic E-state index is 12.3. The van der Waals surface area contributed by atoms with E-state index in [1.54, 1.807) is 11.8 Å². The Balaban J connectivity index is 1.41. The van der Waals surface area contributed by atoms with Gasteiger partial charge in [-0.25, -0.2) is 0 Å². The average Bonchev–Trinajstić information content (AvgIpc) is 2.72. The smallest absolute Gasteiger partial charge is 0.251 e. The molecule has 0 bridgehead atoms. The van der Waals surface area contributed by atoms with Crippen LogP contribution in [0.1, 0.15) is 27.0 Å². The summed E-state index contributed by atoms with van der Waals surface area (Å²) in [6, 6.07) is 24.9. The van der Waals surface area contributed by atoms with Crippen molar-refractivity contribution in [3.8, 4) is 0 Å². The van der Waals surface area contributed by atoms with Gasteiger partial charge in [0, 0.05) is 33.4 Å². The molecule has 28 heavy (non-hydrogen) atoms. The molecule has 0 fully saturated rings. The lowest BCUT2D eigenvalue weighted by atomic mass is 10.1. The topological polar surface area (TPSA) is 29.1 Å². The molecule has 3 aromatic carbocycles. The average molecular weight is 408 g/mol.